The third kappa shape index (κ3) is 2.89. The maximum Gasteiger partial charge on any atom is 0.132 e. The lowest BCUT2D eigenvalue weighted by Gasteiger charge is -2.17. The molecular formula is C18H24N2OS. The summed E-state index contributed by atoms with van der Waals surface area (Å²) in [5.74, 6) is 0.550. The van der Waals surface area contributed by atoms with Gasteiger partial charge < -0.3 is 5.32 Å². The maximum absolute atomic E-state index is 11.5. The summed E-state index contributed by atoms with van der Waals surface area (Å²) < 4.78 is 0. The lowest BCUT2D eigenvalue weighted by atomic mass is 10.0. The number of rotatable bonds is 5. The normalized spacial score (nSPS) is 23.9. The molecule has 4 heteroatoms. The summed E-state index contributed by atoms with van der Waals surface area (Å²) >= 11 is 1.81. The Hall–Kier alpha value is -1.42. The molecule has 0 aromatic carbocycles. The molecular weight excluding hydrogens is 292 g/mol. The molecule has 2 aliphatic carbocycles. The van der Waals surface area contributed by atoms with Crippen LogP contribution in [-0.4, -0.2) is 18.0 Å². The smallest absolute Gasteiger partial charge is 0.132 e. The van der Waals surface area contributed by atoms with Gasteiger partial charge in [-0.25, -0.2) is 4.99 Å². The fourth-order valence-corrected chi connectivity index (χ4v) is 5.02. The van der Waals surface area contributed by atoms with Crippen LogP contribution in [0, 0.1) is 5.92 Å². The number of Topliss-reactive ketones (excluding diaryl/α,β-unsaturated/α-hetero) is 1. The molecule has 118 valence electrons. The van der Waals surface area contributed by atoms with E-state index < -0.39 is 0 Å². The van der Waals surface area contributed by atoms with Gasteiger partial charge in [-0.05, 0) is 57.9 Å². The van der Waals surface area contributed by atoms with E-state index in [4.69, 9.17) is 0 Å². The quantitative estimate of drug-likeness (QED) is 0.824. The van der Waals surface area contributed by atoms with E-state index in [1.807, 2.05) is 24.5 Å². The number of hydrogen-bond acceptors (Lipinski definition) is 4. The maximum atomic E-state index is 11.5. The number of aryl methyl sites for hydroxylation is 1. The third-order valence-electron chi connectivity index (χ3n) is 4.84. The van der Waals surface area contributed by atoms with Gasteiger partial charge in [-0.2, -0.15) is 0 Å². The van der Waals surface area contributed by atoms with Gasteiger partial charge >= 0.3 is 0 Å². The second kappa shape index (κ2) is 6.37. The van der Waals surface area contributed by atoms with Gasteiger partial charge in [0, 0.05) is 34.3 Å². The molecule has 1 N–H and O–H groups in total. The van der Waals surface area contributed by atoms with Gasteiger partial charge in [0.1, 0.15) is 10.8 Å². The minimum Gasteiger partial charge on any atom is -0.382 e. The van der Waals surface area contributed by atoms with E-state index in [1.54, 1.807) is 6.92 Å². The zero-order valence-electron chi connectivity index (χ0n) is 13.4. The average Bonchev–Trinajstić information content (AvgIpc) is 3.13. The Morgan fingerprint density at radius 2 is 2.23 bits per heavy atom. The Labute approximate surface area is 136 Å². The average molecular weight is 316 g/mol. The Balaban J connectivity index is 1.77. The predicted octanol–water partition coefficient (Wildman–Crippen LogP) is 4.28. The van der Waals surface area contributed by atoms with Crippen molar-refractivity contribution >= 4 is 34.0 Å². The number of fused-ring (bicyclic) bond motifs is 1. The van der Waals surface area contributed by atoms with Crippen LogP contribution in [0.2, 0.25) is 0 Å². The van der Waals surface area contributed by atoms with Crippen LogP contribution in [0.5, 0.6) is 0 Å². The van der Waals surface area contributed by atoms with Crippen molar-refractivity contribution in [2.24, 2.45) is 10.9 Å². The lowest BCUT2D eigenvalue weighted by Crippen LogP contribution is -2.25. The highest BCUT2D eigenvalue weighted by Gasteiger charge is 2.29. The van der Waals surface area contributed by atoms with Crippen molar-refractivity contribution in [2.75, 3.05) is 0 Å². The molecule has 0 saturated heterocycles. The Morgan fingerprint density at radius 1 is 1.41 bits per heavy atom. The molecule has 0 radical (unpaired) electrons. The zero-order valence-corrected chi connectivity index (χ0v) is 14.3. The van der Waals surface area contributed by atoms with Crippen LogP contribution >= 0.6 is 11.3 Å². The van der Waals surface area contributed by atoms with E-state index in [1.165, 1.54) is 28.8 Å². The Morgan fingerprint density at radius 3 is 2.91 bits per heavy atom. The van der Waals surface area contributed by atoms with Gasteiger partial charge in [0.15, 0.2) is 0 Å². The van der Waals surface area contributed by atoms with Crippen LogP contribution in [0.3, 0.4) is 0 Å². The van der Waals surface area contributed by atoms with Gasteiger partial charge in [0.05, 0.1) is 0 Å². The summed E-state index contributed by atoms with van der Waals surface area (Å²) in [4.78, 5) is 17.6. The molecule has 2 unspecified atom stereocenters. The first-order valence-electron chi connectivity index (χ1n) is 8.19. The van der Waals surface area contributed by atoms with Crippen molar-refractivity contribution in [3.05, 3.63) is 22.6 Å². The highest BCUT2D eigenvalue weighted by molar-refractivity contribution is 7.16. The van der Waals surface area contributed by atoms with E-state index in [2.05, 4.69) is 16.9 Å². The van der Waals surface area contributed by atoms with Gasteiger partial charge in [-0.1, -0.05) is 6.58 Å². The first-order valence-corrected chi connectivity index (χ1v) is 9.01. The van der Waals surface area contributed by atoms with Crippen LogP contribution in [0.15, 0.2) is 11.6 Å². The molecule has 0 spiro atoms. The van der Waals surface area contributed by atoms with E-state index in [-0.39, 0.29) is 5.92 Å². The summed E-state index contributed by atoms with van der Waals surface area (Å²) in [6.45, 7) is 7.96. The highest BCUT2D eigenvalue weighted by Crippen LogP contribution is 2.43. The van der Waals surface area contributed by atoms with Crippen LogP contribution in [0.1, 0.15) is 55.5 Å². The molecule has 1 aromatic heterocycles. The van der Waals surface area contributed by atoms with Crippen molar-refractivity contribution < 1.29 is 4.79 Å². The van der Waals surface area contributed by atoms with Crippen molar-refractivity contribution in [2.45, 2.75) is 58.4 Å². The summed E-state index contributed by atoms with van der Waals surface area (Å²) in [6.07, 6.45) is 8.42. The SMILES string of the molecule is C=C(NC1CCC(C(C)=O)C1)c1c(/N=C\C)sc2c1CCC2. The predicted molar refractivity (Wildman–Crippen MR) is 94.1 cm³/mol. The number of nitrogens with zero attached hydrogens (tertiary/aromatic N) is 1. The molecule has 1 saturated carbocycles. The topological polar surface area (TPSA) is 41.5 Å². The van der Waals surface area contributed by atoms with Crippen LogP contribution in [0.25, 0.3) is 5.70 Å². The molecule has 0 amide bonds. The highest BCUT2D eigenvalue weighted by atomic mass is 32.1. The molecule has 1 fully saturated rings. The molecule has 0 bridgehead atoms. The van der Waals surface area contributed by atoms with Gasteiger partial charge in [0.2, 0.25) is 0 Å². The lowest BCUT2D eigenvalue weighted by molar-refractivity contribution is -0.120. The fraction of sp³-hybridized carbons (Fsp3) is 0.556. The fourth-order valence-electron chi connectivity index (χ4n) is 3.71. The van der Waals surface area contributed by atoms with Crippen molar-refractivity contribution in [3.63, 3.8) is 0 Å². The number of carbonyl (C=O) groups excluding carboxylic acids is 1. The van der Waals surface area contributed by atoms with Gasteiger partial charge in [-0.3, -0.25) is 4.79 Å². The van der Waals surface area contributed by atoms with E-state index in [0.717, 1.165) is 36.4 Å². The molecule has 3 rings (SSSR count). The molecule has 3 nitrogen and oxygen atoms in total. The van der Waals surface area contributed by atoms with Crippen LogP contribution in [-0.2, 0) is 17.6 Å². The van der Waals surface area contributed by atoms with Crippen molar-refractivity contribution in [3.8, 4) is 0 Å². The Kier molecular flexibility index (Phi) is 4.48. The number of thiophene rings is 1. The number of nitrogens with one attached hydrogen (secondary N) is 1. The molecule has 0 aliphatic heterocycles. The standard InChI is InChI=1S/C18H24N2OS/c1-4-19-18-17(15-6-5-7-16(15)22-18)11(2)20-14-9-8-13(10-14)12(3)21/h4,13-14,20H,2,5-10H2,1,3H3/b19-4-. The molecule has 2 aliphatic rings. The minimum absolute atomic E-state index is 0.228. The molecule has 22 heavy (non-hydrogen) atoms. The summed E-state index contributed by atoms with van der Waals surface area (Å²) in [5.41, 5.74) is 3.67. The van der Waals surface area contributed by atoms with E-state index in [9.17, 15) is 4.79 Å². The second-order valence-electron chi connectivity index (χ2n) is 6.37. The monoisotopic (exact) mass is 316 g/mol. The van der Waals surface area contributed by atoms with Gasteiger partial charge in [0.25, 0.3) is 0 Å². The zero-order chi connectivity index (χ0) is 15.7. The minimum atomic E-state index is 0.228. The van der Waals surface area contributed by atoms with E-state index in [0.29, 0.717) is 11.8 Å². The van der Waals surface area contributed by atoms with Gasteiger partial charge in [-0.15, -0.1) is 11.3 Å². The Bertz CT molecular complexity index is 629. The number of ketones is 1. The first-order chi connectivity index (χ1) is 10.6. The van der Waals surface area contributed by atoms with Crippen molar-refractivity contribution in [1.82, 2.24) is 5.32 Å². The molecule has 1 aromatic rings. The number of aliphatic imine (C=N–C) groups is 1. The molecule has 2 atom stereocenters. The number of hydrogen-bond donors (Lipinski definition) is 1. The summed E-state index contributed by atoms with van der Waals surface area (Å²) in [7, 11) is 0. The molecule has 1 heterocycles. The summed E-state index contributed by atoms with van der Waals surface area (Å²) in [6, 6.07) is 0.372. The summed E-state index contributed by atoms with van der Waals surface area (Å²) in [5, 5.41) is 4.67. The number of carbonyl (C=O) groups is 1. The third-order valence-corrected chi connectivity index (χ3v) is 6.04. The van der Waals surface area contributed by atoms with Crippen molar-refractivity contribution in [1.29, 1.82) is 0 Å². The van der Waals surface area contributed by atoms with Crippen LogP contribution in [0.4, 0.5) is 5.00 Å². The second-order valence-corrected chi connectivity index (χ2v) is 7.45. The van der Waals surface area contributed by atoms with E-state index >= 15 is 0 Å². The largest absolute Gasteiger partial charge is 0.382 e. The first kappa shape index (κ1) is 15.5. The van der Waals surface area contributed by atoms with Crippen LogP contribution < -0.4 is 5.32 Å².